The van der Waals surface area contributed by atoms with Gasteiger partial charge in [0.25, 0.3) is 5.91 Å². The van der Waals surface area contributed by atoms with E-state index in [1.165, 1.54) is 10.4 Å². The Morgan fingerprint density at radius 2 is 2.08 bits per heavy atom. The van der Waals surface area contributed by atoms with Crippen LogP contribution in [0.15, 0.2) is 18.2 Å². The zero-order chi connectivity index (χ0) is 18.7. The highest BCUT2D eigenvalue weighted by Crippen LogP contribution is 2.29. The van der Waals surface area contributed by atoms with Gasteiger partial charge in [-0.1, -0.05) is 0 Å². The second-order valence-electron chi connectivity index (χ2n) is 5.71. The average Bonchev–Trinajstić information content (AvgIpc) is 2.51. The van der Waals surface area contributed by atoms with Crippen molar-refractivity contribution in [3.05, 3.63) is 29.3 Å². The number of nitrogens with one attached hydrogen (secondary N) is 1. The lowest BCUT2D eigenvalue weighted by Crippen LogP contribution is -2.35. The summed E-state index contributed by atoms with van der Waals surface area (Å²) in [6.07, 6.45) is -1.97. The van der Waals surface area contributed by atoms with E-state index in [0.29, 0.717) is 30.6 Å². The monoisotopic (exact) mass is 380 g/mol. The van der Waals surface area contributed by atoms with Crippen LogP contribution in [0.25, 0.3) is 0 Å². The van der Waals surface area contributed by atoms with E-state index < -0.39 is 28.7 Å². The van der Waals surface area contributed by atoms with E-state index in [1.807, 2.05) is 0 Å². The second-order valence-corrected chi connectivity index (χ2v) is 7.61. The number of ether oxygens (including phenoxy) is 1. The molecule has 0 fully saturated rings. The van der Waals surface area contributed by atoms with Crippen molar-refractivity contribution in [1.82, 2.24) is 5.32 Å². The van der Waals surface area contributed by atoms with Crippen LogP contribution in [0, 0.1) is 0 Å². The number of hydrogen-bond acceptors (Lipinski definition) is 4. The molecule has 0 bridgehead atoms. The summed E-state index contributed by atoms with van der Waals surface area (Å²) in [6.45, 7) is -1.27. The van der Waals surface area contributed by atoms with Crippen molar-refractivity contribution in [2.24, 2.45) is 0 Å². The first-order valence-electron chi connectivity index (χ1n) is 7.61. The van der Waals surface area contributed by atoms with Gasteiger partial charge in [-0.3, -0.25) is 9.10 Å². The number of sulfonamides is 1. The first kappa shape index (κ1) is 19.5. The molecule has 10 heteroatoms. The van der Waals surface area contributed by atoms with Gasteiger partial charge < -0.3 is 10.1 Å². The van der Waals surface area contributed by atoms with Crippen LogP contribution in [-0.2, 0) is 21.2 Å². The van der Waals surface area contributed by atoms with Crippen molar-refractivity contribution < 1.29 is 31.1 Å². The van der Waals surface area contributed by atoms with Gasteiger partial charge in [-0.25, -0.2) is 8.42 Å². The fourth-order valence-electron chi connectivity index (χ4n) is 2.58. The van der Waals surface area contributed by atoms with Crippen molar-refractivity contribution >= 4 is 21.6 Å². The molecule has 2 rings (SSSR count). The molecule has 1 amide bonds. The van der Waals surface area contributed by atoms with Gasteiger partial charge >= 0.3 is 6.18 Å². The van der Waals surface area contributed by atoms with Crippen LogP contribution in [0.5, 0.6) is 0 Å². The molecule has 6 nitrogen and oxygen atoms in total. The topological polar surface area (TPSA) is 75.7 Å². The summed E-state index contributed by atoms with van der Waals surface area (Å²) in [5, 5.41) is 2.47. The van der Waals surface area contributed by atoms with Gasteiger partial charge in [-0.05, 0) is 36.6 Å². The number of benzene rings is 1. The largest absolute Gasteiger partial charge is 0.411 e. The number of carbonyl (C=O) groups is 1. The van der Waals surface area contributed by atoms with Crippen molar-refractivity contribution in [3.63, 3.8) is 0 Å². The van der Waals surface area contributed by atoms with Gasteiger partial charge in [-0.15, -0.1) is 0 Å². The van der Waals surface area contributed by atoms with E-state index in [0.717, 1.165) is 11.8 Å². The molecule has 1 aliphatic rings. The number of aryl methyl sites for hydroxylation is 1. The Labute approximate surface area is 144 Å². The van der Waals surface area contributed by atoms with Gasteiger partial charge in [0.1, 0.15) is 6.61 Å². The van der Waals surface area contributed by atoms with E-state index in [4.69, 9.17) is 0 Å². The Bertz CT molecular complexity index is 735. The van der Waals surface area contributed by atoms with E-state index in [1.54, 1.807) is 12.1 Å². The molecule has 0 radical (unpaired) electrons. The molecule has 0 aliphatic carbocycles. The van der Waals surface area contributed by atoms with Crippen molar-refractivity contribution in [2.45, 2.75) is 19.0 Å². The predicted molar refractivity (Wildman–Crippen MR) is 86.2 cm³/mol. The summed E-state index contributed by atoms with van der Waals surface area (Å²) in [7, 11) is -3.38. The van der Waals surface area contributed by atoms with Crippen LogP contribution < -0.4 is 9.62 Å². The number of fused-ring (bicyclic) bond motifs is 1. The van der Waals surface area contributed by atoms with E-state index >= 15 is 0 Å². The summed E-state index contributed by atoms with van der Waals surface area (Å²) < 4.78 is 65.1. The van der Waals surface area contributed by atoms with Crippen LogP contribution in [0.3, 0.4) is 0 Å². The zero-order valence-corrected chi connectivity index (χ0v) is 14.4. The number of amides is 1. The van der Waals surface area contributed by atoms with Crippen molar-refractivity contribution in [1.29, 1.82) is 0 Å². The van der Waals surface area contributed by atoms with Crippen molar-refractivity contribution in [3.8, 4) is 0 Å². The first-order chi connectivity index (χ1) is 11.6. The minimum absolute atomic E-state index is 0.0541. The van der Waals surface area contributed by atoms with Gasteiger partial charge in [0.2, 0.25) is 10.0 Å². The summed E-state index contributed by atoms with van der Waals surface area (Å²) in [6, 6.07) is 4.68. The lowest BCUT2D eigenvalue weighted by Gasteiger charge is -2.29. The van der Waals surface area contributed by atoms with Gasteiger partial charge in [0.15, 0.2) is 0 Å². The highest BCUT2D eigenvalue weighted by molar-refractivity contribution is 7.92. The number of nitrogens with zero attached hydrogens (tertiary/aromatic N) is 1. The van der Waals surface area contributed by atoms with Gasteiger partial charge in [-0.2, -0.15) is 13.2 Å². The number of carbonyl (C=O) groups excluding carboxylic acids is 1. The van der Waals surface area contributed by atoms with Crippen LogP contribution in [-0.4, -0.2) is 53.1 Å². The molecular weight excluding hydrogens is 361 g/mol. The molecule has 25 heavy (non-hydrogen) atoms. The maximum atomic E-state index is 12.0. The average molecular weight is 380 g/mol. The fourth-order valence-corrected chi connectivity index (χ4v) is 3.57. The molecule has 1 aliphatic heterocycles. The highest BCUT2D eigenvalue weighted by atomic mass is 32.2. The third-order valence-corrected chi connectivity index (χ3v) is 4.80. The maximum Gasteiger partial charge on any atom is 0.411 e. The van der Waals surface area contributed by atoms with Crippen LogP contribution in [0.2, 0.25) is 0 Å². The molecule has 1 N–H and O–H groups in total. The molecule has 1 heterocycles. The molecule has 1 aromatic rings. The van der Waals surface area contributed by atoms with Gasteiger partial charge in [0, 0.05) is 18.7 Å². The summed E-state index contributed by atoms with van der Waals surface area (Å²) in [5.41, 5.74) is 1.63. The zero-order valence-electron chi connectivity index (χ0n) is 13.6. The normalized spacial score (nSPS) is 15.0. The maximum absolute atomic E-state index is 12.0. The summed E-state index contributed by atoms with van der Waals surface area (Å²) >= 11 is 0. The molecule has 1 aromatic carbocycles. The van der Waals surface area contributed by atoms with Crippen LogP contribution in [0.4, 0.5) is 18.9 Å². The minimum Gasteiger partial charge on any atom is -0.370 e. The highest BCUT2D eigenvalue weighted by Gasteiger charge is 2.27. The molecule has 0 saturated carbocycles. The van der Waals surface area contributed by atoms with E-state index in [2.05, 4.69) is 10.1 Å². The van der Waals surface area contributed by atoms with Crippen LogP contribution in [0.1, 0.15) is 22.3 Å². The molecule has 0 atom stereocenters. The Morgan fingerprint density at radius 1 is 1.36 bits per heavy atom. The number of rotatable bonds is 6. The number of alkyl halides is 3. The number of hydrogen-bond donors (Lipinski definition) is 1. The molecule has 0 aromatic heterocycles. The Balaban J connectivity index is 1.96. The van der Waals surface area contributed by atoms with Gasteiger partial charge in [0.05, 0.1) is 18.6 Å². The third-order valence-electron chi connectivity index (χ3n) is 3.62. The predicted octanol–water partition coefficient (Wildman–Crippen LogP) is 1.71. The Kier molecular flexibility index (Phi) is 5.94. The smallest absolute Gasteiger partial charge is 0.370 e. The number of halogens is 3. The minimum atomic E-state index is -4.39. The number of anilines is 1. The second kappa shape index (κ2) is 7.61. The first-order valence-corrected chi connectivity index (χ1v) is 9.46. The van der Waals surface area contributed by atoms with Crippen LogP contribution >= 0.6 is 0 Å². The molecule has 0 saturated heterocycles. The lowest BCUT2D eigenvalue weighted by atomic mass is 10.0. The summed E-state index contributed by atoms with van der Waals surface area (Å²) in [5.74, 6) is -0.449. The fraction of sp³-hybridized carbons (Fsp3) is 0.533. The molecule has 0 unspecified atom stereocenters. The SMILES string of the molecule is CS(=O)(=O)N1CCCc2cc(C(=O)NCCOCC(F)(F)F)ccc21. The standard InChI is InChI=1S/C15H19F3N2O4S/c1-25(22,23)20-7-2-3-11-9-12(4-5-13(11)20)14(21)19-6-8-24-10-15(16,17)18/h4-5,9H,2-3,6-8,10H2,1H3,(H,19,21). The van der Waals surface area contributed by atoms with E-state index in [-0.39, 0.29) is 13.2 Å². The molecule has 0 spiro atoms. The van der Waals surface area contributed by atoms with E-state index in [9.17, 15) is 26.4 Å². The molecular formula is C15H19F3N2O4S. The third kappa shape index (κ3) is 5.60. The van der Waals surface area contributed by atoms with Crippen molar-refractivity contribution in [2.75, 3.05) is 36.9 Å². The lowest BCUT2D eigenvalue weighted by molar-refractivity contribution is -0.173. The molecule has 140 valence electrons. The quantitative estimate of drug-likeness (QED) is 0.763. The summed E-state index contributed by atoms with van der Waals surface area (Å²) in [4.78, 5) is 12.0. The Morgan fingerprint density at radius 3 is 2.72 bits per heavy atom. The Hall–Kier alpha value is -1.81.